The van der Waals surface area contributed by atoms with Crippen molar-refractivity contribution < 1.29 is 9.13 Å². The zero-order valence-corrected chi connectivity index (χ0v) is 14.1. The molecule has 4 heterocycles. The number of imidazole rings is 1. The molecule has 0 aliphatic rings. The minimum atomic E-state index is -0.906. The fourth-order valence-corrected chi connectivity index (χ4v) is 2.78. The average Bonchev–Trinajstić information content (AvgIpc) is 2.99. The van der Waals surface area contributed by atoms with E-state index in [1.165, 1.54) is 10.3 Å². The van der Waals surface area contributed by atoms with Crippen LogP contribution in [-0.2, 0) is 0 Å². The number of hydrogen-bond acceptors (Lipinski definition) is 6. The number of ether oxygens (including phenoxy) is 1. The van der Waals surface area contributed by atoms with Gasteiger partial charge >= 0.3 is 0 Å². The number of aromatic nitrogens is 5. The summed E-state index contributed by atoms with van der Waals surface area (Å²) in [6.07, 6.45) is 3.03. The first-order chi connectivity index (χ1) is 12.7. The number of nitrogens with two attached hydrogens (primary N) is 1. The molecule has 7 nitrogen and oxygen atoms in total. The summed E-state index contributed by atoms with van der Waals surface area (Å²) in [6, 6.07) is 10.4. The monoisotopic (exact) mass is 370 g/mol. The highest BCUT2D eigenvalue weighted by Crippen LogP contribution is 2.29. The molecule has 0 saturated heterocycles. The van der Waals surface area contributed by atoms with Gasteiger partial charge < -0.3 is 10.5 Å². The van der Waals surface area contributed by atoms with E-state index in [2.05, 4.69) is 19.9 Å². The van der Waals surface area contributed by atoms with Crippen LogP contribution in [0.15, 0.2) is 48.8 Å². The zero-order chi connectivity index (χ0) is 18.1. The summed E-state index contributed by atoms with van der Waals surface area (Å²) in [5.74, 6) is 1.13. The van der Waals surface area contributed by atoms with Crippen molar-refractivity contribution in [2.45, 2.75) is 0 Å². The van der Waals surface area contributed by atoms with Gasteiger partial charge in [0, 0.05) is 18.0 Å². The van der Waals surface area contributed by atoms with Crippen LogP contribution in [0.5, 0.6) is 5.75 Å². The lowest BCUT2D eigenvalue weighted by molar-refractivity contribution is 0.191. The standard InChI is InChI=1S/C17H12ClFN6O/c18-25-16(11-2-1-7-21-15(11)20)24-14-6-5-13(23-17(14)25)12-4-3-10(8-22-12)26-9-19/h1-8H,9H2,(H2,20,21). The molecule has 0 amide bonds. The molecule has 0 aliphatic carbocycles. The van der Waals surface area contributed by atoms with Crippen molar-refractivity contribution >= 4 is 28.8 Å². The van der Waals surface area contributed by atoms with Crippen LogP contribution in [0, 0.1) is 0 Å². The Bertz CT molecular complexity index is 1080. The summed E-state index contributed by atoms with van der Waals surface area (Å²) < 4.78 is 18.3. The third-order valence-electron chi connectivity index (χ3n) is 3.75. The fourth-order valence-electron chi connectivity index (χ4n) is 2.53. The van der Waals surface area contributed by atoms with Gasteiger partial charge in [-0.3, -0.25) is 4.98 Å². The highest BCUT2D eigenvalue weighted by Gasteiger charge is 2.16. The van der Waals surface area contributed by atoms with Crippen LogP contribution in [0.25, 0.3) is 33.9 Å². The molecule has 0 bridgehead atoms. The van der Waals surface area contributed by atoms with Crippen molar-refractivity contribution in [1.29, 1.82) is 0 Å². The summed E-state index contributed by atoms with van der Waals surface area (Å²) in [5.41, 5.74) is 8.80. The van der Waals surface area contributed by atoms with Gasteiger partial charge in [0.15, 0.2) is 11.5 Å². The maximum absolute atomic E-state index is 12.2. The number of halogens is 2. The molecule has 9 heteroatoms. The van der Waals surface area contributed by atoms with E-state index in [0.29, 0.717) is 45.5 Å². The van der Waals surface area contributed by atoms with Crippen molar-refractivity contribution in [2.75, 3.05) is 12.6 Å². The van der Waals surface area contributed by atoms with Crippen LogP contribution in [-0.4, -0.2) is 30.9 Å². The third kappa shape index (κ3) is 2.80. The Morgan fingerprint density at radius 3 is 2.65 bits per heavy atom. The van der Waals surface area contributed by atoms with Crippen LogP contribution in [0.3, 0.4) is 0 Å². The predicted octanol–water partition coefficient (Wildman–Crippen LogP) is 3.45. The van der Waals surface area contributed by atoms with E-state index in [1.54, 1.807) is 42.6 Å². The maximum atomic E-state index is 12.2. The number of pyridine rings is 3. The second kappa shape index (κ2) is 6.57. The molecule has 0 aliphatic heterocycles. The average molecular weight is 371 g/mol. The second-order valence-corrected chi connectivity index (χ2v) is 5.66. The summed E-state index contributed by atoms with van der Waals surface area (Å²) >= 11 is 6.42. The highest BCUT2D eigenvalue weighted by atomic mass is 35.5. The van der Waals surface area contributed by atoms with E-state index in [-0.39, 0.29) is 0 Å². The van der Waals surface area contributed by atoms with Crippen LogP contribution in [0.2, 0.25) is 0 Å². The van der Waals surface area contributed by atoms with Crippen LogP contribution >= 0.6 is 11.8 Å². The molecule has 26 heavy (non-hydrogen) atoms. The molecule has 0 radical (unpaired) electrons. The Hall–Kier alpha value is -3.26. The van der Waals surface area contributed by atoms with Crippen LogP contribution < -0.4 is 10.5 Å². The Balaban J connectivity index is 1.78. The minimum absolute atomic E-state index is 0.329. The second-order valence-electron chi connectivity index (χ2n) is 5.32. The van der Waals surface area contributed by atoms with Crippen LogP contribution in [0.4, 0.5) is 10.2 Å². The zero-order valence-electron chi connectivity index (χ0n) is 13.3. The molecular formula is C17H12ClFN6O. The van der Waals surface area contributed by atoms with Crippen molar-refractivity contribution in [2.24, 2.45) is 0 Å². The molecule has 4 aromatic rings. The molecule has 0 atom stereocenters. The Morgan fingerprint density at radius 2 is 1.92 bits per heavy atom. The Kier molecular flexibility index (Phi) is 4.10. The number of nitrogen functional groups attached to an aromatic ring is 1. The lowest BCUT2D eigenvalue weighted by Gasteiger charge is -2.04. The molecule has 0 unspecified atom stereocenters. The van der Waals surface area contributed by atoms with Crippen LogP contribution in [0.1, 0.15) is 0 Å². The SMILES string of the molecule is Nc1ncccc1-c1nc2ccc(-c3ccc(OCF)cn3)nc2n1Cl. The first-order valence-electron chi connectivity index (χ1n) is 7.59. The highest BCUT2D eigenvalue weighted by molar-refractivity contribution is 6.20. The molecule has 0 saturated carbocycles. The molecule has 4 aromatic heterocycles. The normalized spacial score (nSPS) is 11.0. The van der Waals surface area contributed by atoms with E-state index in [0.717, 1.165) is 0 Å². The summed E-state index contributed by atoms with van der Waals surface area (Å²) in [5, 5.41) is 0. The van der Waals surface area contributed by atoms with Gasteiger partial charge in [-0.05, 0) is 36.4 Å². The molecule has 0 aromatic carbocycles. The number of alkyl halides is 1. The number of fused-ring (bicyclic) bond motifs is 1. The smallest absolute Gasteiger partial charge is 0.228 e. The first-order valence-corrected chi connectivity index (χ1v) is 7.93. The van der Waals surface area contributed by atoms with Gasteiger partial charge in [-0.25, -0.2) is 23.4 Å². The quantitative estimate of drug-likeness (QED) is 0.591. The molecule has 4 rings (SSSR count). The van der Waals surface area contributed by atoms with Gasteiger partial charge in [-0.2, -0.15) is 0 Å². The Labute approximate surface area is 152 Å². The largest absolute Gasteiger partial charge is 0.461 e. The van der Waals surface area contributed by atoms with Gasteiger partial charge in [-0.15, -0.1) is 0 Å². The van der Waals surface area contributed by atoms with Crippen molar-refractivity contribution in [1.82, 2.24) is 24.0 Å². The molecule has 130 valence electrons. The first kappa shape index (κ1) is 16.2. The third-order valence-corrected chi connectivity index (χ3v) is 4.07. The maximum Gasteiger partial charge on any atom is 0.228 e. The number of rotatable bonds is 4. The van der Waals surface area contributed by atoms with Crippen molar-refractivity contribution in [3.05, 3.63) is 48.8 Å². The van der Waals surface area contributed by atoms with Crippen molar-refractivity contribution in [3.63, 3.8) is 0 Å². The lowest BCUT2D eigenvalue weighted by atomic mass is 10.2. The van der Waals surface area contributed by atoms with Gasteiger partial charge in [0.2, 0.25) is 6.86 Å². The van der Waals surface area contributed by atoms with E-state index in [1.807, 2.05) is 0 Å². The molecule has 0 spiro atoms. The molecule has 0 fully saturated rings. The Morgan fingerprint density at radius 1 is 1.08 bits per heavy atom. The summed E-state index contributed by atoms with van der Waals surface area (Å²) in [6.45, 7) is -0.906. The fraction of sp³-hybridized carbons (Fsp3) is 0.0588. The van der Waals surface area contributed by atoms with Gasteiger partial charge in [0.05, 0.1) is 23.1 Å². The molecular weight excluding hydrogens is 359 g/mol. The van der Waals surface area contributed by atoms with Gasteiger partial charge in [-0.1, -0.05) is 0 Å². The predicted molar refractivity (Wildman–Crippen MR) is 96.3 cm³/mol. The van der Waals surface area contributed by atoms with Crippen molar-refractivity contribution in [3.8, 4) is 28.5 Å². The molecule has 2 N–H and O–H groups in total. The number of anilines is 1. The van der Waals surface area contributed by atoms with E-state index in [4.69, 9.17) is 22.2 Å². The lowest BCUT2D eigenvalue weighted by Crippen LogP contribution is -1.96. The van der Waals surface area contributed by atoms with E-state index < -0.39 is 6.86 Å². The minimum Gasteiger partial charge on any atom is -0.461 e. The van der Waals surface area contributed by atoms with Gasteiger partial charge in [0.1, 0.15) is 17.1 Å². The van der Waals surface area contributed by atoms with Gasteiger partial charge in [0.25, 0.3) is 0 Å². The topological polar surface area (TPSA) is 91.7 Å². The van der Waals surface area contributed by atoms with E-state index >= 15 is 0 Å². The number of nitrogens with zero attached hydrogens (tertiary/aromatic N) is 5. The number of hydrogen-bond donors (Lipinski definition) is 1. The van der Waals surface area contributed by atoms with E-state index in [9.17, 15) is 4.39 Å². The summed E-state index contributed by atoms with van der Waals surface area (Å²) in [7, 11) is 0. The summed E-state index contributed by atoms with van der Waals surface area (Å²) in [4.78, 5) is 17.3.